The summed E-state index contributed by atoms with van der Waals surface area (Å²) in [6, 6.07) is 4.74. The summed E-state index contributed by atoms with van der Waals surface area (Å²) in [4.78, 5) is 13.8. The van der Waals surface area contributed by atoms with E-state index in [0.29, 0.717) is 41.5 Å². The topological polar surface area (TPSA) is 66.9 Å². The summed E-state index contributed by atoms with van der Waals surface area (Å²) < 4.78 is 32.3. The number of ether oxygens (including phenoxy) is 1. The Morgan fingerprint density at radius 2 is 1.85 bits per heavy atom. The molecule has 0 atom stereocenters. The maximum Gasteiger partial charge on any atom is 0.410 e. The molecule has 1 aromatic rings. The van der Waals surface area contributed by atoms with Gasteiger partial charge in [0.2, 0.25) is 10.0 Å². The van der Waals surface area contributed by atoms with Crippen LogP contribution in [0.5, 0.6) is 0 Å². The van der Waals surface area contributed by atoms with E-state index >= 15 is 0 Å². The molecule has 0 bridgehead atoms. The molecule has 1 heterocycles. The number of hydrogen-bond acceptors (Lipinski definition) is 4. The van der Waals surface area contributed by atoms with E-state index in [1.54, 1.807) is 30.1 Å². The molecule has 1 aliphatic rings. The van der Waals surface area contributed by atoms with Gasteiger partial charge in [0.1, 0.15) is 5.60 Å². The minimum absolute atomic E-state index is 0.0546. The van der Waals surface area contributed by atoms with E-state index in [4.69, 9.17) is 27.9 Å². The molecule has 1 aromatic carbocycles. The van der Waals surface area contributed by atoms with Gasteiger partial charge in [-0.1, -0.05) is 23.2 Å². The first-order valence-corrected chi connectivity index (χ1v) is 11.1. The second-order valence-corrected chi connectivity index (χ2v) is 10.5. The summed E-state index contributed by atoms with van der Waals surface area (Å²) in [6.45, 7) is 6.13. The smallest absolute Gasteiger partial charge is 0.410 e. The molecule has 1 amide bonds. The minimum atomic E-state index is -3.52. The van der Waals surface area contributed by atoms with E-state index in [1.807, 2.05) is 20.8 Å². The molecule has 0 aromatic heterocycles. The second kappa shape index (κ2) is 8.55. The number of piperidine rings is 1. The highest BCUT2D eigenvalue weighted by atomic mass is 35.5. The molecular formula is C18H26Cl2N2O4S. The molecule has 6 nitrogen and oxygen atoms in total. The lowest BCUT2D eigenvalue weighted by Gasteiger charge is -2.36. The first-order valence-electron chi connectivity index (χ1n) is 8.76. The average molecular weight is 437 g/mol. The SMILES string of the molecule is CN(C(=O)OC(C)(C)C)C1CCN(S(=O)(=O)Cc2cc(Cl)ccc2Cl)CC1. The normalized spacial score (nSPS) is 17.0. The molecule has 0 saturated carbocycles. The van der Waals surface area contributed by atoms with Gasteiger partial charge in [0, 0.05) is 36.2 Å². The molecule has 2 rings (SSSR count). The highest BCUT2D eigenvalue weighted by molar-refractivity contribution is 7.88. The molecule has 9 heteroatoms. The molecule has 1 aliphatic heterocycles. The lowest BCUT2D eigenvalue weighted by atomic mass is 10.1. The Morgan fingerprint density at radius 3 is 2.41 bits per heavy atom. The van der Waals surface area contributed by atoms with Crippen LogP contribution in [0.1, 0.15) is 39.2 Å². The highest BCUT2D eigenvalue weighted by Gasteiger charge is 2.33. The fraction of sp³-hybridized carbons (Fsp3) is 0.611. The van der Waals surface area contributed by atoms with Crippen LogP contribution in [-0.2, 0) is 20.5 Å². The summed E-state index contributed by atoms with van der Waals surface area (Å²) in [7, 11) is -1.83. The predicted molar refractivity (Wildman–Crippen MR) is 108 cm³/mol. The van der Waals surface area contributed by atoms with Gasteiger partial charge in [0.15, 0.2) is 0 Å². The Labute approximate surface area is 171 Å². The van der Waals surface area contributed by atoms with Gasteiger partial charge in [0.25, 0.3) is 0 Å². The van der Waals surface area contributed by atoms with Gasteiger partial charge in [-0.25, -0.2) is 17.5 Å². The predicted octanol–water partition coefficient (Wildman–Crippen LogP) is 4.15. The van der Waals surface area contributed by atoms with Gasteiger partial charge in [0.05, 0.1) is 5.75 Å². The third-order valence-electron chi connectivity index (χ3n) is 4.39. The lowest BCUT2D eigenvalue weighted by molar-refractivity contribution is 0.0178. The molecule has 0 aliphatic carbocycles. The van der Waals surface area contributed by atoms with Crippen molar-refractivity contribution in [2.45, 2.75) is 51.0 Å². The van der Waals surface area contributed by atoms with Crippen molar-refractivity contribution in [2.24, 2.45) is 0 Å². The van der Waals surface area contributed by atoms with Crippen LogP contribution in [-0.4, -0.2) is 55.5 Å². The Bertz CT molecular complexity index is 785. The van der Waals surface area contributed by atoms with Crippen molar-refractivity contribution < 1.29 is 17.9 Å². The van der Waals surface area contributed by atoms with Crippen LogP contribution in [0.2, 0.25) is 10.0 Å². The van der Waals surface area contributed by atoms with Crippen molar-refractivity contribution in [1.82, 2.24) is 9.21 Å². The number of benzene rings is 1. The monoisotopic (exact) mass is 436 g/mol. The van der Waals surface area contributed by atoms with Gasteiger partial charge < -0.3 is 9.64 Å². The van der Waals surface area contributed by atoms with Crippen LogP contribution in [0.25, 0.3) is 0 Å². The zero-order chi connectivity index (χ0) is 20.4. The van der Waals surface area contributed by atoms with E-state index in [-0.39, 0.29) is 11.8 Å². The van der Waals surface area contributed by atoms with Crippen molar-refractivity contribution in [3.8, 4) is 0 Å². The molecule has 0 unspecified atom stereocenters. The van der Waals surface area contributed by atoms with E-state index in [2.05, 4.69) is 0 Å². The largest absolute Gasteiger partial charge is 0.444 e. The first-order chi connectivity index (χ1) is 12.4. The molecule has 1 saturated heterocycles. The van der Waals surface area contributed by atoms with E-state index in [9.17, 15) is 13.2 Å². The Morgan fingerprint density at radius 1 is 1.26 bits per heavy atom. The third-order valence-corrected chi connectivity index (χ3v) is 6.82. The van der Waals surface area contributed by atoms with Crippen LogP contribution in [0, 0.1) is 0 Å². The van der Waals surface area contributed by atoms with E-state index in [1.165, 1.54) is 4.31 Å². The van der Waals surface area contributed by atoms with E-state index in [0.717, 1.165) is 0 Å². The van der Waals surface area contributed by atoms with Crippen molar-refractivity contribution in [1.29, 1.82) is 0 Å². The van der Waals surface area contributed by atoms with Crippen molar-refractivity contribution in [3.63, 3.8) is 0 Å². The van der Waals surface area contributed by atoms with Crippen LogP contribution < -0.4 is 0 Å². The molecule has 0 spiro atoms. The Balaban J connectivity index is 1.98. The number of amides is 1. The third kappa shape index (κ3) is 6.24. The molecule has 1 fully saturated rings. The maximum atomic E-state index is 12.7. The van der Waals surface area contributed by atoms with Crippen LogP contribution in [0.4, 0.5) is 4.79 Å². The summed E-state index contributed by atoms with van der Waals surface area (Å²) in [6.07, 6.45) is 0.714. The average Bonchev–Trinajstić information content (AvgIpc) is 2.56. The molecule has 0 radical (unpaired) electrons. The fourth-order valence-electron chi connectivity index (χ4n) is 2.93. The summed E-state index contributed by atoms with van der Waals surface area (Å²) in [5, 5.41) is 0.824. The zero-order valence-electron chi connectivity index (χ0n) is 16.0. The number of carbonyl (C=O) groups is 1. The summed E-state index contributed by atoms with van der Waals surface area (Å²) in [5.41, 5.74) is -0.0804. The standard InChI is InChI=1S/C18H26Cl2N2O4S/c1-18(2,3)26-17(23)21(4)15-7-9-22(10-8-15)27(24,25)12-13-11-14(19)5-6-16(13)20/h5-6,11,15H,7-10,12H2,1-4H3. The molecular weight excluding hydrogens is 411 g/mol. The maximum absolute atomic E-state index is 12.7. The quantitative estimate of drug-likeness (QED) is 0.710. The zero-order valence-corrected chi connectivity index (χ0v) is 18.4. The van der Waals surface area contributed by atoms with Gasteiger partial charge >= 0.3 is 6.09 Å². The van der Waals surface area contributed by atoms with E-state index < -0.39 is 21.7 Å². The molecule has 152 valence electrons. The number of halogens is 2. The van der Waals surface area contributed by atoms with Crippen molar-refractivity contribution in [2.75, 3.05) is 20.1 Å². The Kier molecular flexibility index (Phi) is 7.06. The fourth-order valence-corrected chi connectivity index (χ4v) is 4.97. The number of sulfonamides is 1. The number of carbonyl (C=O) groups excluding carboxylic acids is 1. The second-order valence-electron chi connectivity index (χ2n) is 7.71. The van der Waals surface area contributed by atoms with Gasteiger partial charge in [-0.2, -0.15) is 0 Å². The minimum Gasteiger partial charge on any atom is -0.444 e. The molecule has 27 heavy (non-hydrogen) atoms. The van der Waals surface area contributed by atoms with Crippen molar-refractivity contribution in [3.05, 3.63) is 33.8 Å². The van der Waals surface area contributed by atoms with Gasteiger partial charge in [-0.05, 0) is 57.4 Å². The van der Waals surface area contributed by atoms with Crippen LogP contribution in [0.15, 0.2) is 18.2 Å². The van der Waals surface area contributed by atoms with Gasteiger partial charge in [-0.3, -0.25) is 0 Å². The number of hydrogen-bond donors (Lipinski definition) is 0. The first kappa shape index (κ1) is 22.3. The van der Waals surface area contributed by atoms with Gasteiger partial charge in [-0.15, -0.1) is 0 Å². The number of nitrogens with zero attached hydrogens (tertiary/aromatic N) is 2. The summed E-state index contributed by atoms with van der Waals surface area (Å²) >= 11 is 12.0. The lowest BCUT2D eigenvalue weighted by Crippen LogP contribution is -2.48. The highest BCUT2D eigenvalue weighted by Crippen LogP contribution is 2.26. The van der Waals surface area contributed by atoms with Crippen molar-refractivity contribution >= 4 is 39.3 Å². The number of rotatable bonds is 4. The summed E-state index contributed by atoms with van der Waals surface area (Å²) in [5.74, 6) is -0.195. The molecule has 0 N–H and O–H groups in total. The van der Waals surface area contributed by atoms with Crippen LogP contribution >= 0.6 is 23.2 Å². The van der Waals surface area contributed by atoms with Crippen LogP contribution in [0.3, 0.4) is 0 Å². The Hall–Kier alpha value is -1.02.